The highest BCUT2D eigenvalue weighted by Gasteiger charge is 2.47. The van der Waals surface area contributed by atoms with E-state index in [1.807, 2.05) is 0 Å². The lowest BCUT2D eigenvalue weighted by atomic mass is 9.98. The fourth-order valence-corrected chi connectivity index (χ4v) is 4.92. The fraction of sp³-hybridized carbons (Fsp3) is 0.464. The second-order valence-corrected chi connectivity index (χ2v) is 10.6. The van der Waals surface area contributed by atoms with Gasteiger partial charge in [-0.1, -0.05) is 12.1 Å². The lowest BCUT2D eigenvalue weighted by molar-refractivity contribution is -0.318. The summed E-state index contributed by atoms with van der Waals surface area (Å²) in [6.07, 6.45) is -15.9. The number of hydrogen-bond acceptors (Lipinski definition) is 15. The van der Waals surface area contributed by atoms with E-state index in [0.29, 0.717) is 5.56 Å². The van der Waals surface area contributed by atoms with Gasteiger partial charge in [-0.2, -0.15) is 0 Å². The minimum absolute atomic E-state index is 0.129. The fourth-order valence-electron chi connectivity index (χ4n) is 4.92. The van der Waals surface area contributed by atoms with Crippen LogP contribution in [0.15, 0.2) is 39.5 Å². The number of phenolic OH excluding ortho intramolecular Hbond substituents is 3. The van der Waals surface area contributed by atoms with Crippen LogP contribution in [0.5, 0.6) is 23.0 Å². The Bertz CT molecular complexity index is 1540. The minimum Gasteiger partial charge on any atom is -0.508 e. The third kappa shape index (κ3) is 5.74. The van der Waals surface area contributed by atoms with Gasteiger partial charge >= 0.3 is 0 Å². The number of phenols is 3. The van der Waals surface area contributed by atoms with Crippen LogP contribution in [0, 0.1) is 6.92 Å². The monoisotopic (exact) mass is 608 g/mol. The van der Waals surface area contributed by atoms with E-state index < -0.39 is 96.1 Å². The predicted octanol–water partition coefficient (Wildman–Crippen LogP) is -1.08. The molecule has 43 heavy (non-hydrogen) atoms. The molecule has 0 aliphatic carbocycles. The highest BCUT2D eigenvalue weighted by atomic mass is 16.7. The van der Waals surface area contributed by atoms with Crippen molar-refractivity contribution in [3.05, 3.63) is 46.1 Å². The van der Waals surface area contributed by atoms with Gasteiger partial charge in [-0.25, -0.2) is 0 Å². The molecular formula is C28H32O15. The summed E-state index contributed by atoms with van der Waals surface area (Å²) >= 11 is 0. The molecule has 5 rings (SSSR count). The maximum absolute atomic E-state index is 13.6. The van der Waals surface area contributed by atoms with Crippen LogP contribution in [0.4, 0.5) is 0 Å². The molecule has 15 nitrogen and oxygen atoms in total. The Morgan fingerprint density at radius 3 is 2.16 bits per heavy atom. The van der Waals surface area contributed by atoms with E-state index in [4.69, 9.17) is 23.4 Å². The molecule has 2 saturated heterocycles. The molecule has 0 unspecified atom stereocenters. The maximum Gasteiger partial charge on any atom is 0.239 e. The van der Waals surface area contributed by atoms with E-state index in [1.165, 1.54) is 25.1 Å². The Morgan fingerprint density at radius 2 is 1.47 bits per heavy atom. The lowest BCUT2D eigenvalue weighted by Crippen LogP contribution is -2.61. The second-order valence-electron chi connectivity index (χ2n) is 10.6. The molecule has 1 aromatic heterocycles. The van der Waals surface area contributed by atoms with Gasteiger partial charge in [0.25, 0.3) is 0 Å². The van der Waals surface area contributed by atoms with Gasteiger partial charge in [0.15, 0.2) is 12.1 Å². The van der Waals surface area contributed by atoms with Crippen LogP contribution in [0.2, 0.25) is 0 Å². The van der Waals surface area contributed by atoms with Gasteiger partial charge in [0, 0.05) is 17.7 Å². The molecule has 3 heterocycles. The van der Waals surface area contributed by atoms with Crippen molar-refractivity contribution >= 4 is 11.0 Å². The number of aryl methyl sites for hydroxylation is 1. The average Bonchev–Trinajstić information content (AvgIpc) is 2.96. The molecule has 15 heteroatoms. The van der Waals surface area contributed by atoms with Crippen molar-refractivity contribution in [3.63, 3.8) is 0 Å². The van der Waals surface area contributed by atoms with E-state index in [9.17, 15) is 50.8 Å². The van der Waals surface area contributed by atoms with Crippen molar-refractivity contribution in [2.75, 3.05) is 6.61 Å². The summed E-state index contributed by atoms with van der Waals surface area (Å²) in [6.45, 7) is 2.49. The Morgan fingerprint density at radius 1 is 0.791 bits per heavy atom. The number of ether oxygens (including phenoxy) is 4. The van der Waals surface area contributed by atoms with Crippen molar-refractivity contribution in [2.45, 2.75) is 75.3 Å². The highest BCUT2D eigenvalue weighted by molar-refractivity contribution is 5.88. The summed E-state index contributed by atoms with van der Waals surface area (Å²) in [7, 11) is 0. The predicted molar refractivity (Wildman–Crippen MR) is 143 cm³/mol. The third-order valence-electron chi connectivity index (χ3n) is 7.52. The van der Waals surface area contributed by atoms with Crippen LogP contribution in [-0.2, 0) is 14.2 Å². The molecule has 3 aromatic rings. The molecule has 2 aliphatic rings. The summed E-state index contributed by atoms with van der Waals surface area (Å²) in [5, 5.41) is 92.2. The zero-order chi connectivity index (χ0) is 31.3. The molecule has 9 N–H and O–H groups in total. The Kier molecular flexibility index (Phi) is 8.54. The molecule has 0 saturated carbocycles. The Labute approximate surface area is 242 Å². The number of rotatable bonds is 6. The summed E-state index contributed by atoms with van der Waals surface area (Å²) in [5.74, 6) is -2.11. The topological polar surface area (TPSA) is 249 Å². The molecule has 2 aliphatic heterocycles. The molecule has 0 amide bonds. The Hall–Kier alpha value is -3.51. The van der Waals surface area contributed by atoms with Crippen LogP contribution in [-0.4, -0.2) is 114 Å². The largest absolute Gasteiger partial charge is 0.508 e. The van der Waals surface area contributed by atoms with Gasteiger partial charge in [0.1, 0.15) is 70.9 Å². The molecular weight excluding hydrogens is 576 g/mol. The first-order valence-corrected chi connectivity index (χ1v) is 13.3. The first-order valence-electron chi connectivity index (χ1n) is 13.3. The zero-order valence-electron chi connectivity index (χ0n) is 22.8. The number of aliphatic hydroxyl groups excluding tert-OH is 6. The summed E-state index contributed by atoms with van der Waals surface area (Å²) in [6, 6.07) is 6.26. The molecule has 0 bridgehead atoms. The van der Waals surface area contributed by atoms with E-state index in [0.717, 1.165) is 12.1 Å². The quantitative estimate of drug-likeness (QED) is 0.161. The normalized spacial score (nSPS) is 33.0. The number of aliphatic hydroxyl groups is 6. The molecule has 0 spiro atoms. The van der Waals surface area contributed by atoms with Crippen LogP contribution in [0.1, 0.15) is 12.5 Å². The summed E-state index contributed by atoms with van der Waals surface area (Å²) < 4.78 is 28.0. The second kappa shape index (κ2) is 11.9. The van der Waals surface area contributed by atoms with Crippen LogP contribution >= 0.6 is 0 Å². The van der Waals surface area contributed by atoms with E-state index >= 15 is 0 Å². The first-order chi connectivity index (χ1) is 20.3. The van der Waals surface area contributed by atoms with Gasteiger partial charge in [-0.05, 0) is 25.5 Å². The smallest absolute Gasteiger partial charge is 0.239 e. The molecule has 2 fully saturated rings. The maximum atomic E-state index is 13.6. The van der Waals surface area contributed by atoms with Gasteiger partial charge in [-0.15, -0.1) is 0 Å². The van der Waals surface area contributed by atoms with Crippen LogP contribution in [0.3, 0.4) is 0 Å². The Balaban J connectivity index is 1.48. The molecule has 2 aromatic carbocycles. The summed E-state index contributed by atoms with van der Waals surface area (Å²) in [4.78, 5) is 13.6. The van der Waals surface area contributed by atoms with Crippen molar-refractivity contribution in [3.8, 4) is 34.3 Å². The van der Waals surface area contributed by atoms with Gasteiger partial charge < -0.3 is 69.3 Å². The third-order valence-corrected chi connectivity index (χ3v) is 7.52. The van der Waals surface area contributed by atoms with Crippen molar-refractivity contribution in [2.24, 2.45) is 0 Å². The van der Waals surface area contributed by atoms with Gasteiger partial charge in [0.05, 0.1) is 12.7 Å². The lowest BCUT2D eigenvalue weighted by Gasteiger charge is -2.42. The standard InChI is InChI=1S/C28H32O15/c1-9-3-4-11(5-13(9)30)25-26(20(34)17-14(31)6-12(29)7-15(17)41-25)43-28-24(38)22(36)19(33)16(42-28)8-39-27-23(37)21(35)18(32)10(2)40-27/h3-7,10,16,18-19,21-24,27-33,35-38H,8H2,1-2H3/t10-,16+,18-,19+,21+,22-,23+,24+,27+,28-/m0/s1. The number of fused-ring (bicyclic) bond motifs is 1. The number of aromatic hydroxyl groups is 3. The zero-order valence-corrected chi connectivity index (χ0v) is 22.8. The molecule has 234 valence electrons. The first kappa shape index (κ1) is 30.9. The minimum atomic E-state index is -1.93. The van der Waals surface area contributed by atoms with Crippen LogP contribution in [0.25, 0.3) is 22.3 Å². The van der Waals surface area contributed by atoms with E-state index in [2.05, 4.69) is 0 Å². The highest BCUT2D eigenvalue weighted by Crippen LogP contribution is 2.38. The van der Waals surface area contributed by atoms with E-state index in [1.54, 1.807) is 6.92 Å². The average molecular weight is 609 g/mol. The van der Waals surface area contributed by atoms with E-state index in [-0.39, 0.29) is 22.7 Å². The molecule has 10 atom stereocenters. The number of hydrogen-bond donors (Lipinski definition) is 9. The van der Waals surface area contributed by atoms with Crippen molar-refractivity contribution < 1.29 is 69.3 Å². The molecule has 0 radical (unpaired) electrons. The summed E-state index contributed by atoms with van der Waals surface area (Å²) in [5.41, 5.74) is -0.564. The number of benzene rings is 2. The SMILES string of the molecule is Cc1ccc(-c2oc3cc(O)cc(O)c3c(=O)c2O[C@@H]2O[C@H](CO[C@@H]3O[C@@H](C)[C@H](O)[C@@H](O)[C@H]3O)[C@@H](O)[C@H](O)[C@H]2O)cc1O. The van der Waals surface area contributed by atoms with Crippen LogP contribution < -0.4 is 10.2 Å². The van der Waals surface area contributed by atoms with Crippen molar-refractivity contribution in [1.82, 2.24) is 0 Å². The van der Waals surface area contributed by atoms with Crippen molar-refractivity contribution in [1.29, 1.82) is 0 Å². The van der Waals surface area contributed by atoms with Gasteiger partial charge in [-0.3, -0.25) is 4.79 Å². The van der Waals surface area contributed by atoms with Gasteiger partial charge in [0.2, 0.25) is 17.5 Å².